The van der Waals surface area contributed by atoms with Crippen molar-refractivity contribution in [1.29, 1.82) is 0 Å². The van der Waals surface area contributed by atoms with Crippen LogP contribution in [0, 0.1) is 6.92 Å². The van der Waals surface area contributed by atoms with Gasteiger partial charge in [0.05, 0.1) is 6.10 Å². The Hall–Kier alpha value is -3.33. The van der Waals surface area contributed by atoms with Gasteiger partial charge in [-0.15, -0.1) is 0 Å². The molecule has 1 fully saturated rings. The normalized spacial score (nSPS) is 17.9. The number of ether oxygens (including phenoxy) is 2. The fourth-order valence-electron chi connectivity index (χ4n) is 5.13. The van der Waals surface area contributed by atoms with Crippen LogP contribution in [-0.2, 0) is 16.1 Å². The van der Waals surface area contributed by atoms with Crippen molar-refractivity contribution in [2.24, 2.45) is 0 Å². The number of carbonyl (C=O) groups is 2. The number of aryl methyl sites for hydroxylation is 1. The number of amides is 1. The third-order valence-corrected chi connectivity index (χ3v) is 8.02. The first-order valence-electron chi connectivity index (χ1n) is 13.6. The van der Waals surface area contributed by atoms with E-state index >= 15 is 0 Å². The maximum atomic E-state index is 13.4. The van der Waals surface area contributed by atoms with Gasteiger partial charge in [-0.25, -0.2) is 4.79 Å². The second kappa shape index (κ2) is 14.3. The molecule has 40 heavy (non-hydrogen) atoms. The third kappa shape index (κ3) is 7.65. The zero-order valence-electron chi connectivity index (χ0n) is 23.3. The highest BCUT2D eigenvalue weighted by molar-refractivity contribution is 7.98. The van der Waals surface area contributed by atoms with Crippen molar-refractivity contribution in [3.63, 3.8) is 0 Å². The molecule has 212 valence electrons. The van der Waals surface area contributed by atoms with Crippen molar-refractivity contribution in [2.75, 3.05) is 32.3 Å². The van der Waals surface area contributed by atoms with E-state index in [1.165, 1.54) is 0 Å². The highest BCUT2D eigenvalue weighted by Gasteiger charge is 2.33. The van der Waals surface area contributed by atoms with E-state index in [0.29, 0.717) is 30.9 Å². The van der Waals surface area contributed by atoms with Crippen LogP contribution in [0.5, 0.6) is 5.75 Å². The van der Waals surface area contributed by atoms with Crippen molar-refractivity contribution in [3.05, 3.63) is 89.5 Å². The summed E-state index contributed by atoms with van der Waals surface area (Å²) in [5.74, 6) is 0.0848. The van der Waals surface area contributed by atoms with Crippen LogP contribution in [0.1, 0.15) is 34.3 Å². The number of carboxylic acids is 1. The van der Waals surface area contributed by atoms with Gasteiger partial charge >= 0.3 is 5.97 Å². The standard InChI is InChI=1S/C32H38N2O5S/c1-22-9-7-8-12-27(22)29-17-23(13-14-28(29)31(35)33-30(32(36)37)15-16-40-3)19-34-20-26(38-2)18-24(34)21-39-25-10-5-4-6-11-25/h4-14,17,24,26,30H,15-16,18-21H2,1-3H3,(H,33,35)(H,36,37)/t24-,26?,30-/m0/s1. The van der Waals surface area contributed by atoms with E-state index in [1.54, 1.807) is 18.9 Å². The molecule has 3 aromatic carbocycles. The Bertz CT molecular complexity index is 1290. The predicted molar refractivity (Wildman–Crippen MR) is 160 cm³/mol. The van der Waals surface area contributed by atoms with Gasteiger partial charge in [-0.3, -0.25) is 9.69 Å². The van der Waals surface area contributed by atoms with Gasteiger partial charge < -0.3 is 19.9 Å². The number of thioether (sulfide) groups is 1. The summed E-state index contributed by atoms with van der Waals surface area (Å²) >= 11 is 1.56. The molecule has 0 aliphatic carbocycles. The van der Waals surface area contributed by atoms with Crippen LogP contribution in [0.15, 0.2) is 72.8 Å². The summed E-state index contributed by atoms with van der Waals surface area (Å²) in [4.78, 5) is 27.6. The highest BCUT2D eigenvalue weighted by atomic mass is 32.2. The van der Waals surface area contributed by atoms with Gasteiger partial charge in [0.15, 0.2) is 0 Å². The average molecular weight is 563 g/mol. The third-order valence-electron chi connectivity index (χ3n) is 7.37. The monoisotopic (exact) mass is 562 g/mol. The Morgan fingerprint density at radius 1 is 1.07 bits per heavy atom. The molecule has 2 N–H and O–H groups in total. The molecule has 3 atom stereocenters. The summed E-state index contributed by atoms with van der Waals surface area (Å²) in [5, 5.41) is 12.4. The lowest BCUT2D eigenvalue weighted by molar-refractivity contribution is -0.139. The number of aliphatic carboxylic acids is 1. The second-order valence-corrected chi connectivity index (χ2v) is 11.1. The minimum absolute atomic E-state index is 0.125. The van der Waals surface area contributed by atoms with Crippen molar-refractivity contribution in [1.82, 2.24) is 10.2 Å². The minimum Gasteiger partial charge on any atom is -0.492 e. The number of carbonyl (C=O) groups excluding carboxylic acids is 1. The van der Waals surface area contributed by atoms with E-state index in [4.69, 9.17) is 9.47 Å². The van der Waals surface area contributed by atoms with Gasteiger partial charge in [0.2, 0.25) is 0 Å². The molecule has 4 rings (SSSR count). The Labute approximate surface area is 240 Å². The summed E-state index contributed by atoms with van der Waals surface area (Å²) in [6.07, 6.45) is 3.28. The fraction of sp³-hybridized carbons (Fsp3) is 0.375. The van der Waals surface area contributed by atoms with Crippen LogP contribution in [-0.4, -0.2) is 72.3 Å². The molecule has 1 saturated heterocycles. The number of likely N-dealkylation sites (tertiary alicyclic amines) is 1. The highest BCUT2D eigenvalue weighted by Crippen LogP contribution is 2.30. The van der Waals surface area contributed by atoms with Gasteiger partial charge in [0, 0.05) is 31.8 Å². The summed E-state index contributed by atoms with van der Waals surface area (Å²) in [5.41, 5.74) is 4.31. The number of para-hydroxylation sites is 1. The molecule has 0 aromatic heterocycles. The van der Waals surface area contributed by atoms with E-state index in [1.807, 2.05) is 79.9 Å². The lowest BCUT2D eigenvalue weighted by Crippen LogP contribution is -2.41. The van der Waals surface area contributed by atoms with Gasteiger partial charge in [-0.05, 0) is 78.3 Å². The average Bonchev–Trinajstić information content (AvgIpc) is 3.36. The molecule has 1 heterocycles. The van der Waals surface area contributed by atoms with Crippen molar-refractivity contribution in [3.8, 4) is 16.9 Å². The Morgan fingerprint density at radius 2 is 1.82 bits per heavy atom. The van der Waals surface area contributed by atoms with Crippen LogP contribution in [0.3, 0.4) is 0 Å². The predicted octanol–water partition coefficient (Wildman–Crippen LogP) is 5.27. The number of carboxylic acid groups (broad SMARTS) is 1. The Balaban J connectivity index is 1.59. The van der Waals surface area contributed by atoms with E-state index in [2.05, 4.69) is 16.3 Å². The molecule has 8 heteroatoms. The second-order valence-electron chi connectivity index (χ2n) is 10.1. The number of hydrogen-bond acceptors (Lipinski definition) is 6. The summed E-state index contributed by atoms with van der Waals surface area (Å²) in [7, 11) is 1.75. The fourth-order valence-corrected chi connectivity index (χ4v) is 5.61. The number of rotatable bonds is 13. The van der Waals surface area contributed by atoms with Crippen LogP contribution in [0.25, 0.3) is 11.1 Å². The number of benzene rings is 3. The number of nitrogens with one attached hydrogen (secondary N) is 1. The van der Waals surface area contributed by atoms with Gasteiger partial charge in [-0.1, -0.05) is 48.5 Å². The Kier molecular flexibility index (Phi) is 10.6. The largest absolute Gasteiger partial charge is 0.492 e. The Morgan fingerprint density at radius 3 is 2.52 bits per heavy atom. The minimum atomic E-state index is -1.03. The number of hydrogen-bond donors (Lipinski definition) is 2. The van der Waals surface area contributed by atoms with Crippen LogP contribution < -0.4 is 10.1 Å². The molecule has 1 aliphatic rings. The van der Waals surface area contributed by atoms with Gasteiger partial charge in [-0.2, -0.15) is 11.8 Å². The van der Waals surface area contributed by atoms with Gasteiger partial charge in [0.1, 0.15) is 18.4 Å². The molecule has 7 nitrogen and oxygen atoms in total. The summed E-state index contributed by atoms with van der Waals surface area (Å²) in [6.45, 7) is 4.04. The quantitative estimate of drug-likeness (QED) is 0.294. The zero-order chi connectivity index (χ0) is 28.5. The summed E-state index contributed by atoms with van der Waals surface area (Å²) in [6, 6.07) is 22.8. The first-order valence-corrected chi connectivity index (χ1v) is 14.9. The van der Waals surface area contributed by atoms with Gasteiger partial charge in [0.25, 0.3) is 5.91 Å². The molecule has 1 aliphatic heterocycles. The molecule has 1 unspecified atom stereocenters. The van der Waals surface area contributed by atoms with Crippen molar-refractivity contribution < 1.29 is 24.2 Å². The first kappa shape index (κ1) is 29.6. The SMILES string of the molecule is COC1C[C@@H](COc2ccccc2)N(Cc2ccc(C(=O)N[C@@H](CCSC)C(=O)O)c(-c3ccccc3C)c2)C1. The smallest absolute Gasteiger partial charge is 0.326 e. The lowest BCUT2D eigenvalue weighted by Gasteiger charge is -2.25. The van der Waals surface area contributed by atoms with Crippen molar-refractivity contribution in [2.45, 2.75) is 44.5 Å². The maximum Gasteiger partial charge on any atom is 0.326 e. The van der Waals surface area contributed by atoms with Crippen LogP contribution in [0.2, 0.25) is 0 Å². The zero-order valence-corrected chi connectivity index (χ0v) is 24.2. The maximum absolute atomic E-state index is 13.4. The number of methoxy groups -OCH3 is 1. The first-order chi connectivity index (χ1) is 19.4. The van der Waals surface area contributed by atoms with Crippen LogP contribution in [0.4, 0.5) is 0 Å². The topological polar surface area (TPSA) is 88.1 Å². The molecule has 1 amide bonds. The molecule has 3 aromatic rings. The van der Waals surface area contributed by atoms with E-state index in [-0.39, 0.29) is 18.1 Å². The van der Waals surface area contributed by atoms with E-state index < -0.39 is 12.0 Å². The molecule has 0 saturated carbocycles. The molecular formula is C32H38N2O5S. The molecule has 0 bridgehead atoms. The molecule has 0 radical (unpaired) electrons. The van der Waals surface area contributed by atoms with Crippen molar-refractivity contribution >= 4 is 23.6 Å². The molecule has 0 spiro atoms. The summed E-state index contributed by atoms with van der Waals surface area (Å²) < 4.78 is 11.8. The van der Waals surface area contributed by atoms with E-state index in [9.17, 15) is 14.7 Å². The molecular weight excluding hydrogens is 524 g/mol. The van der Waals surface area contributed by atoms with Crippen LogP contribution >= 0.6 is 11.8 Å². The number of nitrogens with zero attached hydrogens (tertiary/aromatic N) is 1. The lowest BCUT2D eigenvalue weighted by atomic mass is 9.93. The van der Waals surface area contributed by atoms with E-state index in [0.717, 1.165) is 41.0 Å².